The lowest BCUT2D eigenvalue weighted by atomic mass is 9.91. The summed E-state index contributed by atoms with van der Waals surface area (Å²) < 4.78 is 6.85. The second-order valence-electron chi connectivity index (χ2n) is 4.70. The van der Waals surface area contributed by atoms with E-state index in [-0.39, 0.29) is 17.5 Å². The van der Waals surface area contributed by atoms with Gasteiger partial charge in [0.1, 0.15) is 11.6 Å². The molecule has 19 heavy (non-hydrogen) atoms. The largest absolute Gasteiger partial charge is 0.618 e. The molecule has 6 heteroatoms. The molecule has 0 aromatic carbocycles. The zero-order valence-electron chi connectivity index (χ0n) is 10.5. The Bertz CT molecular complexity index is 612. The van der Waals surface area contributed by atoms with Crippen LogP contribution < -0.4 is 4.74 Å². The van der Waals surface area contributed by atoms with Crippen LogP contribution in [0.2, 0.25) is 0 Å². The maximum Gasteiger partial charge on any atom is 0.247 e. The Hall–Kier alpha value is -2.24. The highest BCUT2D eigenvalue weighted by atomic mass is 16.5. The molecule has 0 amide bonds. The summed E-state index contributed by atoms with van der Waals surface area (Å²) in [6.45, 7) is 0. The molecule has 1 N–H and O–H groups in total. The van der Waals surface area contributed by atoms with Crippen molar-refractivity contribution < 1.29 is 19.4 Å². The third-order valence-corrected chi connectivity index (χ3v) is 3.62. The van der Waals surface area contributed by atoms with Crippen molar-refractivity contribution in [1.82, 2.24) is 4.57 Å². The minimum absolute atomic E-state index is 0.191. The number of methoxy groups -OCH3 is 1. The number of fused-ring (bicyclic) bond motifs is 2. The molecule has 1 aromatic rings. The highest BCUT2D eigenvalue weighted by Gasteiger charge is 2.37. The first-order chi connectivity index (χ1) is 9.13. The van der Waals surface area contributed by atoms with Gasteiger partial charge in [-0.3, -0.25) is 4.79 Å². The molecule has 1 atom stereocenters. The van der Waals surface area contributed by atoms with E-state index in [4.69, 9.17) is 4.74 Å². The molecule has 0 saturated heterocycles. The number of carbonyl (C=O) groups is 1. The molecule has 0 bridgehead atoms. The Morgan fingerprint density at radius 1 is 1.58 bits per heavy atom. The van der Waals surface area contributed by atoms with E-state index in [0.29, 0.717) is 17.8 Å². The number of aromatic hydroxyl groups is 1. The summed E-state index contributed by atoms with van der Waals surface area (Å²) in [5, 5.41) is 22.1. The summed E-state index contributed by atoms with van der Waals surface area (Å²) in [6.07, 6.45) is 5.39. The van der Waals surface area contributed by atoms with Crippen LogP contribution in [0.4, 0.5) is 0 Å². The molecule has 100 valence electrons. The van der Waals surface area contributed by atoms with Gasteiger partial charge in [-0.15, -0.1) is 0 Å². The van der Waals surface area contributed by atoms with Crippen molar-refractivity contribution in [2.24, 2.45) is 5.92 Å². The van der Waals surface area contributed by atoms with E-state index in [0.717, 1.165) is 22.1 Å². The molecule has 6 nitrogen and oxygen atoms in total. The van der Waals surface area contributed by atoms with Gasteiger partial charge in [0.15, 0.2) is 5.75 Å². The molecule has 0 radical (unpaired) electrons. The molecular formula is C13H14N2O4. The zero-order chi connectivity index (χ0) is 13.6. The van der Waals surface area contributed by atoms with Gasteiger partial charge < -0.3 is 15.1 Å². The summed E-state index contributed by atoms with van der Waals surface area (Å²) in [4.78, 5) is 12.5. The van der Waals surface area contributed by atoms with Gasteiger partial charge in [0.25, 0.3) is 0 Å². The van der Waals surface area contributed by atoms with Crippen LogP contribution in [-0.2, 0) is 0 Å². The van der Waals surface area contributed by atoms with Crippen molar-refractivity contribution in [3.63, 3.8) is 0 Å². The molecule has 1 aliphatic carbocycles. The number of hydroxylamine groups is 1. The smallest absolute Gasteiger partial charge is 0.247 e. The Labute approximate surface area is 109 Å². The van der Waals surface area contributed by atoms with Crippen molar-refractivity contribution in [3.8, 4) is 11.6 Å². The molecule has 1 aliphatic heterocycles. The first-order valence-corrected chi connectivity index (χ1v) is 6.17. The first kappa shape index (κ1) is 11.8. The SMILES string of the molecule is COc1cc2n(c1O)C(=O)C1CCCC=C1[N+]([O-])=C2. The molecule has 1 aromatic heterocycles. The third kappa shape index (κ3) is 1.63. The second-order valence-corrected chi connectivity index (χ2v) is 4.70. The lowest BCUT2D eigenvalue weighted by Crippen LogP contribution is -2.26. The summed E-state index contributed by atoms with van der Waals surface area (Å²) in [6, 6.07) is 1.48. The Morgan fingerprint density at radius 3 is 3.11 bits per heavy atom. The molecule has 0 saturated carbocycles. The Morgan fingerprint density at radius 2 is 2.37 bits per heavy atom. The number of hydrogen-bond acceptors (Lipinski definition) is 4. The number of rotatable bonds is 1. The summed E-state index contributed by atoms with van der Waals surface area (Å²) in [5.41, 5.74) is 0.808. The Kier molecular flexibility index (Phi) is 2.58. The molecular weight excluding hydrogens is 248 g/mol. The number of aromatic nitrogens is 1. The third-order valence-electron chi connectivity index (χ3n) is 3.62. The van der Waals surface area contributed by atoms with Gasteiger partial charge in [-0.1, -0.05) is 0 Å². The van der Waals surface area contributed by atoms with Crippen molar-refractivity contribution in [2.45, 2.75) is 19.3 Å². The van der Waals surface area contributed by atoms with Gasteiger partial charge in [-0.25, -0.2) is 4.57 Å². The minimum atomic E-state index is -0.494. The van der Waals surface area contributed by atoms with E-state index in [9.17, 15) is 15.1 Å². The molecule has 0 fully saturated rings. The fraction of sp³-hybridized carbons (Fsp3) is 0.385. The van der Waals surface area contributed by atoms with Crippen molar-refractivity contribution in [2.75, 3.05) is 7.11 Å². The van der Waals surface area contributed by atoms with Crippen LogP contribution in [0.1, 0.15) is 29.8 Å². The van der Waals surface area contributed by atoms with Gasteiger partial charge in [-0.05, 0) is 25.3 Å². The van der Waals surface area contributed by atoms with Crippen molar-refractivity contribution >= 4 is 12.1 Å². The fourth-order valence-electron chi connectivity index (χ4n) is 2.68. The predicted octanol–water partition coefficient (Wildman–Crippen LogP) is 1.47. The number of hydrogen-bond donors (Lipinski definition) is 1. The topological polar surface area (TPSA) is 77.5 Å². The lowest BCUT2D eigenvalue weighted by molar-refractivity contribution is -0.403. The standard InChI is InChI=1S/C13H14N2O4/c1-19-11-6-8-7-14(18)10-5-3-2-4-9(10)12(16)15(8)13(11)17/h5-7,9,17H,2-4H2,1H3. The van der Waals surface area contributed by atoms with Crippen LogP contribution in [0.3, 0.4) is 0 Å². The molecule has 1 unspecified atom stereocenters. The van der Waals surface area contributed by atoms with Gasteiger partial charge in [0.2, 0.25) is 23.7 Å². The van der Waals surface area contributed by atoms with Gasteiger partial charge in [-0.2, -0.15) is 4.74 Å². The van der Waals surface area contributed by atoms with E-state index >= 15 is 0 Å². The Balaban J connectivity index is 2.21. The monoisotopic (exact) mass is 262 g/mol. The summed E-state index contributed by atoms with van der Waals surface area (Å²) >= 11 is 0. The van der Waals surface area contributed by atoms with Gasteiger partial charge >= 0.3 is 0 Å². The van der Waals surface area contributed by atoms with Crippen LogP contribution in [0, 0.1) is 11.1 Å². The van der Waals surface area contributed by atoms with Crippen molar-refractivity contribution in [1.29, 1.82) is 0 Å². The average molecular weight is 262 g/mol. The average Bonchev–Trinajstić information content (AvgIpc) is 2.68. The van der Waals surface area contributed by atoms with Crippen LogP contribution in [0.5, 0.6) is 11.6 Å². The highest BCUT2D eigenvalue weighted by molar-refractivity contribution is 5.93. The van der Waals surface area contributed by atoms with Crippen molar-refractivity contribution in [3.05, 3.63) is 28.7 Å². The maximum atomic E-state index is 12.5. The van der Waals surface area contributed by atoms with E-state index in [1.165, 1.54) is 19.4 Å². The quantitative estimate of drug-likeness (QED) is 0.614. The minimum Gasteiger partial charge on any atom is -0.618 e. The van der Waals surface area contributed by atoms with E-state index < -0.39 is 5.92 Å². The molecule has 2 aliphatic rings. The van der Waals surface area contributed by atoms with E-state index in [2.05, 4.69) is 0 Å². The molecule has 2 heterocycles. The van der Waals surface area contributed by atoms with Crippen LogP contribution >= 0.6 is 0 Å². The van der Waals surface area contributed by atoms with Gasteiger partial charge in [0.05, 0.1) is 7.11 Å². The van der Waals surface area contributed by atoms with E-state index in [1.807, 2.05) is 0 Å². The van der Waals surface area contributed by atoms with Crippen LogP contribution in [0.15, 0.2) is 17.8 Å². The predicted molar refractivity (Wildman–Crippen MR) is 67.5 cm³/mol. The summed E-state index contributed by atoms with van der Waals surface area (Å²) in [7, 11) is 1.40. The normalized spacial score (nSPS) is 21.9. The highest BCUT2D eigenvalue weighted by Crippen LogP contribution is 2.35. The van der Waals surface area contributed by atoms with E-state index in [1.54, 1.807) is 6.08 Å². The fourth-order valence-corrected chi connectivity index (χ4v) is 2.68. The summed E-state index contributed by atoms with van der Waals surface area (Å²) in [5.74, 6) is -0.835. The number of ether oxygens (including phenoxy) is 1. The maximum absolute atomic E-state index is 12.5. The van der Waals surface area contributed by atoms with Crippen LogP contribution in [0.25, 0.3) is 0 Å². The first-order valence-electron chi connectivity index (χ1n) is 6.17. The van der Waals surface area contributed by atoms with Gasteiger partial charge in [0, 0.05) is 6.07 Å². The zero-order valence-corrected chi connectivity index (χ0v) is 10.5. The molecule has 3 rings (SSSR count). The molecule has 0 spiro atoms. The lowest BCUT2D eigenvalue weighted by Gasteiger charge is -2.19. The number of nitrogens with zero attached hydrogens (tertiary/aromatic N) is 2. The second kappa shape index (κ2) is 4.15. The number of allylic oxidation sites excluding steroid dienone is 2. The van der Waals surface area contributed by atoms with Crippen LogP contribution in [-0.4, -0.2) is 33.6 Å². The number of carbonyl (C=O) groups excluding carboxylic acids is 1.